The third-order valence-corrected chi connectivity index (χ3v) is 2.44. The van der Waals surface area contributed by atoms with Crippen LogP contribution in [0.25, 0.3) is 10.8 Å². The first-order chi connectivity index (χ1) is 6.27. The van der Waals surface area contributed by atoms with Gasteiger partial charge in [0.15, 0.2) is 0 Å². The largest absolute Gasteiger partial charge is 0.768 e. The van der Waals surface area contributed by atoms with Crippen LogP contribution in [0.15, 0.2) is 41.6 Å². The van der Waals surface area contributed by atoms with Gasteiger partial charge in [-0.1, -0.05) is 6.07 Å². The summed E-state index contributed by atoms with van der Waals surface area (Å²) in [6.45, 7) is 0. The van der Waals surface area contributed by atoms with Crippen LogP contribution in [0.4, 0.5) is 0 Å². The molecule has 1 atom stereocenters. The van der Waals surface area contributed by atoms with Crippen LogP contribution in [-0.2, 0) is 11.1 Å². The van der Waals surface area contributed by atoms with Gasteiger partial charge in [0.05, 0.1) is 0 Å². The predicted molar refractivity (Wildman–Crippen MR) is 48.9 cm³/mol. The van der Waals surface area contributed by atoms with Gasteiger partial charge in [-0.3, -0.25) is 9.19 Å². The number of benzene rings is 1. The topological polar surface area (TPSA) is 53.0 Å². The minimum atomic E-state index is -2.16. The van der Waals surface area contributed by atoms with Gasteiger partial charge in [0, 0.05) is 22.7 Å². The van der Waals surface area contributed by atoms with Gasteiger partial charge in [-0.05, 0) is 34.7 Å². The molecule has 66 valence electrons. The quantitative estimate of drug-likeness (QED) is 0.643. The fourth-order valence-electron chi connectivity index (χ4n) is 1.17. The maximum atomic E-state index is 10.6. The summed E-state index contributed by atoms with van der Waals surface area (Å²) in [5.74, 6) is 0. The molecule has 0 aliphatic heterocycles. The summed E-state index contributed by atoms with van der Waals surface area (Å²) < 4.78 is 21.2. The van der Waals surface area contributed by atoms with Gasteiger partial charge >= 0.3 is 0 Å². The molecule has 1 unspecified atom stereocenters. The standard InChI is InChI=1S/C9H7NO2S/c11-13(12)9-2-1-7-3-4-10-6-8(7)5-9/h1-6H,(H,11,12)/p-1. The Hall–Kier alpha value is -1.26. The van der Waals surface area contributed by atoms with Gasteiger partial charge in [0.1, 0.15) is 0 Å². The van der Waals surface area contributed by atoms with E-state index in [-0.39, 0.29) is 0 Å². The van der Waals surface area contributed by atoms with Gasteiger partial charge in [-0.25, -0.2) is 0 Å². The second-order valence-electron chi connectivity index (χ2n) is 2.62. The molecule has 0 aliphatic rings. The summed E-state index contributed by atoms with van der Waals surface area (Å²) in [5, 5.41) is 1.83. The van der Waals surface area contributed by atoms with Crippen molar-refractivity contribution < 1.29 is 8.76 Å². The van der Waals surface area contributed by atoms with Crippen LogP contribution < -0.4 is 0 Å². The summed E-state index contributed by atoms with van der Waals surface area (Å²) in [7, 11) is 0. The third kappa shape index (κ3) is 1.59. The molecule has 0 radical (unpaired) electrons. The van der Waals surface area contributed by atoms with E-state index in [1.54, 1.807) is 30.6 Å². The lowest BCUT2D eigenvalue weighted by Crippen LogP contribution is -1.88. The highest BCUT2D eigenvalue weighted by atomic mass is 32.2. The zero-order valence-corrected chi connectivity index (χ0v) is 7.45. The first-order valence-corrected chi connectivity index (χ1v) is 4.78. The Bertz CT molecular complexity index is 470. The fourth-order valence-corrected chi connectivity index (χ4v) is 1.57. The fraction of sp³-hybridized carbons (Fsp3) is 0. The molecule has 2 aromatic rings. The molecule has 1 aromatic carbocycles. The maximum Gasteiger partial charge on any atom is 0.0346 e. The van der Waals surface area contributed by atoms with Crippen molar-refractivity contribution in [2.45, 2.75) is 4.90 Å². The lowest BCUT2D eigenvalue weighted by molar-refractivity contribution is 0.537. The van der Waals surface area contributed by atoms with E-state index in [1.807, 2.05) is 6.07 Å². The number of hydrogen-bond donors (Lipinski definition) is 0. The molecule has 0 bridgehead atoms. The normalized spacial score (nSPS) is 13.0. The van der Waals surface area contributed by atoms with Gasteiger partial charge in [-0.15, -0.1) is 0 Å². The second-order valence-corrected chi connectivity index (χ2v) is 3.56. The smallest absolute Gasteiger partial charge is 0.0346 e. The van der Waals surface area contributed by atoms with Gasteiger partial charge in [0.25, 0.3) is 0 Å². The highest BCUT2D eigenvalue weighted by Crippen LogP contribution is 2.15. The van der Waals surface area contributed by atoms with E-state index in [4.69, 9.17) is 0 Å². The molecule has 0 N–H and O–H groups in total. The predicted octanol–water partition coefficient (Wildman–Crippen LogP) is 1.47. The molecule has 3 nitrogen and oxygen atoms in total. The third-order valence-electron chi connectivity index (χ3n) is 1.80. The van der Waals surface area contributed by atoms with Crippen molar-refractivity contribution >= 4 is 21.9 Å². The van der Waals surface area contributed by atoms with Crippen molar-refractivity contribution in [3.8, 4) is 0 Å². The number of nitrogens with zero attached hydrogens (tertiary/aromatic N) is 1. The monoisotopic (exact) mass is 192 g/mol. The van der Waals surface area contributed by atoms with E-state index in [0.29, 0.717) is 4.90 Å². The molecular formula is C9H6NO2S-. The molecule has 0 amide bonds. The second kappa shape index (κ2) is 3.24. The molecule has 0 aliphatic carbocycles. The Morgan fingerprint density at radius 3 is 2.85 bits per heavy atom. The number of rotatable bonds is 1. The van der Waals surface area contributed by atoms with E-state index in [2.05, 4.69) is 4.98 Å². The van der Waals surface area contributed by atoms with Crippen LogP contribution in [0, 0.1) is 0 Å². The van der Waals surface area contributed by atoms with Crippen molar-refractivity contribution in [1.29, 1.82) is 0 Å². The summed E-state index contributed by atoms with van der Waals surface area (Å²) in [4.78, 5) is 4.20. The minimum Gasteiger partial charge on any atom is -0.768 e. The first kappa shape index (κ1) is 8.34. The number of pyridine rings is 1. The summed E-state index contributed by atoms with van der Waals surface area (Å²) >= 11 is -2.16. The summed E-state index contributed by atoms with van der Waals surface area (Å²) in [6, 6.07) is 6.78. The van der Waals surface area contributed by atoms with Gasteiger partial charge < -0.3 is 4.55 Å². The molecule has 0 spiro atoms. The Morgan fingerprint density at radius 2 is 2.08 bits per heavy atom. The Balaban J connectivity index is 2.69. The van der Waals surface area contributed by atoms with Gasteiger partial charge in [-0.2, -0.15) is 0 Å². The van der Waals surface area contributed by atoms with Crippen molar-refractivity contribution in [3.05, 3.63) is 36.7 Å². The Kier molecular flexibility index (Phi) is 2.08. The molecule has 13 heavy (non-hydrogen) atoms. The molecule has 0 saturated carbocycles. The zero-order valence-electron chi connectivity index (χ0n) is 6.64. The van der Waals surface area contributed by atoms with E-state index < -0.39 is 11.1 Å². The molecule has 1 heterocycles. The molecule has 2 rings (SSSR count). The van der Waals surface area contributed by atoms with Crippen molar-refractivity contribution in [1.82, 2.24) is 4.98 Å². The van der Waals surface area contributed by atoms with E-state index in [9.17, 15) is 8.76 Å². The van der Waals surface area contributed by atoms with E-state index >= 15 is 0 Å². The van der Waals surface area contributed by atoms with Gasteiger partial charge in [0.2, 0.25) is 0 Å². The lowest BCUT2D eigenvalue weighted by atomic mass is 10.2. The van der Waals surface area contributed by atoms with Crippen molar-refractivity contribution in [2.75, 3.05) is 0 Å². The SMILES string of the molecule is O=S([O-])c1ccc2ccncc2c1. The summed E-state index contributed by atoms with van der Waals surface area (Å²) in [6.07, 6.45) is 3.32. The zero-order chi connectivity index (χ0) is 9.26. The van der Waals surface area contributed by atoms with E-state index in [0.717, 1.165) is 10.8 Å². The van der Waals surface area contributed by atoms with Crippen LogP contribution in [0.3, 0.4) is 0 Å². The van der Waals surface area contributed by atoms with Crippen LogP contribution in [0.1, 0.15) is 0 Å². The minimum absolute atomic E-state index is 0.292. The van der Waals surface area contributed by atoms with Crippen molar-refractivity contribution in [3.63, 3.8) is 0 Å². The molecule has 0 fully saturated rings. The molecule has 0 saturated heterocycles. The Labute approximate surface area is 77.7 Å². The summed E-state index contributed by atoms with van der Waals surface area (Å²) in [5.41, 5.74) is 0. The average Bonchev–Trinajstić information content (AvgIpc) is 2.17. The maximum absolute atomic E-state index is 10.6. The first-order valence-electron chi connectivity index (χ1n) is 3.70. The molecule has 4 heteroatoms. The Morgan fingerprint density at radius 1 is 1.23 bits per heavy atom. The molecular weight excluding hydrogens is 186 g/mol. The van der Waals surface area contributed by atoms with Crippen LogP contribution >= 0.6 is 0 Å². The number of aromatic nitrogens is 1. The van der Waals surface area contributed by atoms with Crippen LogP contribution in [-0.4, -0.2) is 13.7 Å². The highest BCUT2D eigenvalue weighted by molar-refractivity contribution is 7.79. The molecule has 1 aromatic heterocycles. The average molecular weight is 192 g/mol. The number of hydrogen-bond acceptors (Lipinski definition) is 3. The van der Waals surface area contributed by atoms with Crippen LogP contribution in [0.5, 0.6) is 0 Å². The number of fused-ring (bicyclic) bond motifs is 1. The highest BCUT2D eigenvalue weighted by Gasteiger charge is 1.95. The van der Waals surface area contributed by atoms with Crippen LogP contribution in [0.2, 0.25) is 0 Å². The van der Waals surface area contributed by atoms with Crippen molar-refractivity contribution in [2.24, 2.45) is 0 Å². The van der Waals surface area contributed by atoms with E-state index in [1.165, 1.54) is 0 Å². The lowest BCUT2D eigenvalue weighted by Gasteiger charge is -2.05.